The van der Waals surface area contributed by atoms with E-state index in [0.29, 0.717) is 30.3 Å². The highest BCUT2D eigenvalue weighted by Gasteiger charge is 2.15. The molecule has 0 heterocycles. The maximum absolute atomic E-state index is 11.6. The van der Waals surface area contributed by atoms with Crippen LogP contribution in [0.5, 0.6) is 11.5 Å². The fraction of sp³-hybridized carbons (Fsp3) is 0.600. The maximum Gasteiger partial charge on any atom is 0.308 e. The molecule has 1 unspecified atom stereocenters. The second-order valence-corrected chi connectivity index (χ2v) is 8.10. The van der Waals surface area contributed by atoms with Crippen LogP contribution in [0.2, 0.25) is 0 Å². The molecular weight excluding hydrogens is 442 g/mol. The Morgan fingerprint density at radius 1 is 1.25 bits per heavy atom. The molecule has 1 aromatic rings. The monoisotopic (exact) mass is 473 g/mol. The Kier molecular flexibility index (Phi) is 12.4. The summed E-state index contributed by atoms with van der Waals surface area (Å²) in [5, 5.41) is 25.0. The average Bonchev–Trinajstić information content (AvgIpc) is 2.71. The van der Waals surface area contributed by atoms with Gasteiger partial charge in [-0.3, -0.25) is 9.59 Å². The summed E-state index contributed by atoms with van der Waals surface area (Å²) < 4.78 is 11.0. The molecule has 0 spiro atoms. The lowest BCUT2D eigenvalue weighted by molar-refractivity contribution is -0.756. The first-order valence-electron chi connectivity index (χ1n) is 10.0. The molecule has 12 heteroatoms. The summed E-state index contributed by atoms with van der Waals surface area (Å²) in [6.07, 6.45) is -0.754. The van der Waals surface area contributed by atoms with Crippen LogP contribution in [0.15, 0.2) is 6.07 Å². The van der Waals surface area contributed by atoms with Crippen LogP contribution in [0.25, 0.3) is 0 Å². The number of hydrogen-bond donors (Lipinski definition) is 3. The number of thioether (sulfide) groups is 1. The van der Waals surface area contributed by atoms with Gasteiger partial charge in [0.05, 0.1) is 5.75 Å². The second-order valence-electron chi connectivity index (χ2n) is 6.99. The molecule has 0 saturated carbocycles. The van der Waals surface area contributed by atoms with Crippen molar-refractivity contribution in [3.63, 3.8) is 0 Å². The summed E-state index contributed by atoms with van der Waals surface area (Å²) in [5.41, 5.74) is 2.41. The van der Waals surface area contributed by atoms with Crippen molar-refractivity contribution < 1.29 is 34.1 Å². The topological polar surface area (TPSA) is 149 Å². The summed E-state index contributed by atoms with van der Waals surface area (Å²) in [6.45, 7) is 8.03. The van der Waals surface area contributed by atoms with E-state index in [1.165, 1.54) is 18.7 Å². The van der Waals surface area contributed by atoms with Crippen LogP contribution < -0.4 is 20.1 Å². The first-order chi connectivity index (χ1) is 15.1. The molecule has 0 aromatic heterocycles. The van der Waals surface area contributed by atoms with E-state index in [9.17, 15) is 24.8 Å². The number of ether oxygens (including phenoxy) is 2. The van der Waals surface area contributed by atoms with E-state index in [4.69, 9.17) is 9.47 Å². The number of nitrogens with zero attached hydrogens (tertiary/aromatic N) is 1. The zero-order chi connectivity index (χ0) is 24.1. The number of carbonyl (C=O) groups excluding carboxylic acids is 2. The van der Waals surface area contributed by atoms with Crippen LogP contribution in [-0.2, 0) is 14.4 Å². The lowest BCUT2D eigenvalue weighted by Crippen LogP contribution is -2.37. The highest BCUT2D eigenvalue weighted by Crippen LogP contribution is 2.33. The molecule has 180 valence electrons. The van der Waals surface area contributed by atoms with Crippen LogP contribution in [0.3, 0.4) is 0 Å². The number of aryl methyl sites for hydroxylation is 1. The summed E-state index contributed by atoms with van der Waals surface area (Å²) in [4.78, 5) is 37.0. The largest absolute Gasteiger partial charge is 0.491 e. The minimum atomic E-state index is -0.865. The van der Waals surface area contributed by atoms with Crippen molar-refractivity contribution in [1.29, 1.82) is 0 Å². The molecule has 0 aliphatic carbocycles. The molecule has 32 heavy (non-hydrogen) atoms. The van der Waals surface area contributed by atoms with E-state index in [1.807, 2.05) is 20.8 Å². The Labute approximate surface area is 191 Å². The van der Waals surface area contributed by atoms with Crippen molar-refractivity contribution in [3.8, 4) is 11.5 Å². The number of nitrogens with one attached hydrogen (secondary N) is 2. The Balaban J connectivity index is 2.25. The van der Waals surface area contributed by atoms with Crippen molar-refractivity contribution in [2.75, 3.05) is 44.4 Å². The van der Waals surface area contributed by atoms with Gasteiger partial charge in [0.1, 0.15) is 30.8 Å². The van der Waals surface area contributed by atoms with Gasteiger partial charge in [0, 0.05) is 32.3 Å². The number of hydrogen-bond acceptors (Lipinski definition) is 10. The van der Waals surface area contributed by atoms with Crippen LogP contribution in [-0.4, -0.2) is 72.5 Å². The summed E-state index contributed by atoms with van der Waals surface area (Å²) in [7, 11) is 0. The molecule has 1 aromatic carbocycles. The van der Waals surface area contributed by atoms with Gasteiger partial charge in [0.25, 0.3) is 5.09 Å². The Morgan fingerprint density at radius 3 is 2.62 bits per heavy atom. The van der Waals surface area contributed by atoms with E-state index >= 15 is 0 Å². The number of rotatable bonds is 15. The lowest BCUT2D eigenvalue weighted by atomic mass is 10.0. The van der Waals surface area contributed by atoms with Crippen LogP contribution in [0, 0.1) is 30.9 Å². The van der Waals surface area contributed by atoms with Crippen LogP contribution in [0.1, 0.15) is 23.6 Å². The fourth-order valence-corrected chi connectivity index (χ4v) is 3.29. The molecule has 11 nitrogen and oxygen atoms in total. The molecule has 1 amide bonds. The summed E-state index contributed by atoms with van der Waals surface area (Å²) >= 11 is 1.24. The van der Waals surface area contributed by atoms with Crippen molar-refractivity contribution >= 4 is 23.6 Å². The van der Waals surface area contributed by atoms with Gasteiger partial charge in [-0.2, -0.15) is 11.8 Å². The van der Waals surface area contributed by atoms with Gasteiger partial charge in [-0.1, -0.05) is 0 Å². The summed E-state index contributed by atoms with van der Waals surface area (Å²) in [5.74, 6) is 1.11. The maximum atomic E-state index is 11.6. The fourth-order valence-electron chi connectivity index (χ4n) is 2.66. The van der Waals surface area contributed by atoms with E-state index < -0.39 is 11.2 Å². The predicted octanol–water partition coefficient (Wildman–Crippen LogP) is 0.924. The van der Waals surface area contributed by atoms with E-state index in [-0.39, 0.29) is 37.4 Å². The van der Waals surface area contributed by atoms with E-state index in [1.54, 1.807) is 6.07 Å². The zero-order valence-electron chi connectivity index (χ0n) is 18.8. The average molecular weight is 474 g/mol. The van der Waals surface area contributed by atoms with Gasteiger partial charge in [0.15, 0.2) is 0 Å². The Bertz CT molecular complexity index is 791. The molecule has 0 aliphatic rings. The minimum absolute atomic E-state index is 0.0541. The van der Waals surface area contributed by atoms with E-state index in [2.05, 4.69) is 15.5 Å². The summed E-state index contributed by atoms with van der Waals surface area (Å²) in [6, 6.07) is 1.78. The predicted molar refractivity (Wildman–Crippen MR) is 120 cm³/mol. The number of aliphatic hydroxyl groups is 1. The highest BCUT2D eigenvalue weighted by atomic mass is 32.2. The lowest BCUT2D eigenvalue weighted by Gasteiger charge is -2.18. The number of amides is 1. The van der Waals surface area contributed by atoms with Gasteiger partial charge >= 0.3 is 5.97 Å². The van der Waals surface area contributed by atoms with Gasteiger partial charge in [0.2, 0.25) is 5.91 Å². The molecule has 3 N–H and O–H groups in total. The van der Waals surface area contributed by atoms with Gasteiger partial charge < -0.3 is 30.1 Å². The minimum Gasteiger partial charge on any atom is -0.491 e. The first-order valence-corrected chi connectivity index (χ1v) is 11.2. The molecule has 0 bridgehead atoms. The Hall–Kier alpha value is -2.57. The van der Waals surface area contributed by atoms with E-state index in [0.717, 1.165) is 16.7 Å². The third-order valence-corrected chi connectivity index (χ3v) is 5.24. The molecule has 0 radical (unpaired) electrons. The van der Waals surface area contributed by atoms with Crippen molar-refractivity contribution in [2.45, 2.75) is 33.8 Å². The van der Waals surface area contributed by atoms with Gasteiger partial charge in [-0.05, 0) is 43.5 Å². The molecule has 1 rings (SSSR count). The van der Waals surface area contributed by atoms with Crippen LogP contribution in [0.4, 0.5) is 0 Å². The van der Waals surface area contributed by atoms with Crippen molar-refractivity contribution in [3.05, 3.63) is 32.9 Å². The molecule has 0 saturated heterocycles. The standard InChI is InChI=1S/C20H31N3O8S/c1-13-9-18(14(2)15(3)20(13)31-16(4)24)29-11-17(25)10-21-5-6-22-19(26)12-32-8-7-30-23(27)28/h9,17,21,25H,5-8,10-12H2,1-4H3,(H,22,26). The molecule has 0 aliphatic heterocycles. The third-order valence-electron chi connectivity index (χ3n) is 4.32. The third kappa shape index (κ3) is 10.6. The second kappa shape index (κ2) is 14.5. The number of carbonyl (C=O) groups is 2. The SMILES string of the molecule is CC(=O)Oc1c(C)cc(OCC(O)CNCCNC(=O)CSCCO[N+](=O)[O-])c(C)c1C. The number of benzene rings is 1. The Morgan fingerprint density at radius 2 is 1.97 bits per heavy atom. The highest BCUT2D eigenvalue weighted by molar-refractivity contribution is 7.99. The van der Waals surface area contributed by atoms with Crippen molar-refractivity contribution in [1.82, 2.24) is 10.6 Å². The zero-order valence-corrected chi connectivity index (χ0v) is 19.6. The molecule has 1 atom stereocenters. The smallest absolute Gasteiger partial charge is 0.308 e. The van der Waals surface area contributed by atoms with Gasteiger partial charge in [-0.15, -0.1) is 10.1 Å². The number of esters is 1. The van der Waals surface area contributed by atoms with Crippen LogP contribution >= 0.6 is 11.8 Å². The quantitative estimate of drug-likeness (QED) is 0.110. The molecule has 0 fully saturated rings. The molecular formula is C20H31N3O8S. The normalized spacial score (nSPS) is 11.5. The van der Waals surface area contributed by atoms with Gasteiger partial charge in [-0.25, -0.2) is 0 Å². The number of aliphatic hydroxyl groups excluding tert-OH is 1. The van der Waals surface area contributed by atoms with Crippen molar-refractivity contribution in [2.24, 2.45) is 0 Å². The first kappa shape index (κ1) is 27.5.